The highest BCUT2D eigenvalue weighted by Crippen LogP contribution is 2.29. The lowest BCUT2D eigenvalue weighted by Gasteiger charge is -2.13. The summed E-state index contributed by atoms with van der Waals surface area (Å²) >= 11 is 3.36. The summed E-state index contributed by atoms with van der Waals surface area (Å²) in [5.41, 5.74) is 0.768. The molecule has 1 aromatic heterocycles. The Morgan fingerprint density at radius 3 is 2.64 bits per heavy atom. The van der Waals surface area contributed by atoms with Crippen LogP contribution >= 0.6 is 15.9 Å². The Hall–Kier alpha value is -3.34. The van der Waals surface area contributed by atoms with E-state index in [4.69, 9.17) is 4.74 Å². The number of amides is 1. The van der Waals surface area contributed by atoms with Gasteiger partial charge in [-0.2, -0.15) is 4.80 Å². The van der Waals surface area contributed by atoms with Crippen LogP contribution in [-0.4, -0.2) is 38.1 Å². The third-order valence-electron chi connectivity index (χ3n) is 3.91. The van der Waals surface area contributed by atoms with Gasteiger partial charge in [0.2, 0.25) is 5.82 Å². The summed E-state index contributed by atoms with van der Waals surface area (Å²) in [7, 11) is 1.41. The van der Waals surface area contributed by atoms with Crippen LogP contribution in [0.3, 0.4) is 0 Å². The number of carbonyl (C=O) groups excluding carboxylic acids is 1. The first-order valence-electron chi connectivity index (χ1n) is 8.08. The summed E-state index contributed by atoms with van der Waals surface area (Å²) in [4.78, 5) is 24.2. The highest BCUT2D eigenvalue weighted by atomic mass is 79.9. The number of nitro benzene ring substituents is 1. The van der Waals surface area contributed by atoms with Crippen molar-refractivity contribution < 1.29 is 14.5 Å². The molecule has 0 aliphatic heterocycles. The second-order valence-electron chi connectivity index (χ2n) is 5.75. The summed E-state index contributed by atoms with van der Waals surface area (Å²) in [6.07, 6.45) is 0. The van der Waals surface area contributed by atoms with Crippen molar-refractivity contribution in [3.05, 3.63) is 57.1 Å². The highest BCUT2D eigenvalue weighted by molar-refractivity contribution is 9.10. The van der Waals surface area contributed by atoms with E-state index in [-0.39, 0.29) is 11.4 Å². The summed E-state index contributed by atoms with van der Waals surface area (Å²) in [5, 5.41) is 25.7. The number of nitrogens with zero attached hydrogens (tertiary/aromatic N) is 5. The molecule has 1 heterocycles. The van der Waals surface area contributed by atoms with Crippen molar-refractivity contribution in [2.24, 2.45) is 0 Å². The van der Waals surface area contributed by atoms with Crippen molar-refractivity contribution in [3.63, 3.8) is 0 Å². The predicted molar refractivity (Wildman–Crippen MR) is 104 cm³/mol. The zero-order chi connectivity index (χ0) is 20.3. The van der Waals surface area contributed by atoms with Gasteiger partial charge < -0.3 is 10.1 Å². The van der Waals surface area contributed by atoms with Gasteiger partial charge in [0.1, 0.15) is 11.8 Å². The van der Waals surface area contributed by atoms with Gasteiger partial charge >= 0.3 is 0 Å². The van der Waals surface area contributed by atoms with E-state index in [1.807, 2.05) is 24.3 Å². The molecule has 0 bridgehead atoms. The molecular formula is C17H15BrN6O4. The topological polar surface area (TPSA) is 125 Å². The quantitative estimate of drug-likeness (QED) is 0.454. The maximum absolute atomic E-state index is 12.6. The number of anilines is 1. The van der Waals surface area contributed by atoms with E-state index in [9.17, 15) is 14.9 Å². The molecular weight excluding hydrogens is 432 g/mol. The Balaban J connectivity index is 1.79. The molecule has 0 fully saturated rings. The number of nitrogens with one attached hydrogen (secondary N) is 1. The number of ether oxygens (including phenoxy) is 1. The molecule has 10 nitrogen and oxygen atoms in total. The third kappa shape index (κ3) is 4.14. The number of carbonyl (C=O) groups is 1. The van der Waals surface area contributed by atoms with Crippen molar-refractivity contribution in [1.82, 2.24) is 20.2 Å². The largest absolute Gasteiger partial charge is 0.495 e. The van der Waals surface area contributed by atoms with Crippen molar-refractivity contribution >= 4 is 33.2 Å². The maximum Gasteiger partial charge on any atom is 0.271 e. The lowest BCUT2D eigenvalue weighted by molar-refractivity contribution is -0.384. The van der Waals surface area contributed by atoms with Crippen LogP contribution in [0, 0.1) is 10.1 Å². The van der Waals surface area contributed by atoms with Gasteiger partial charge in [-0.3, -0.25) is 14.9 Å². The molecule has 0 aliphatic rings. The van der Waals surface area contributed by atoms with E-state index in [0.717, 1.165) is 10.0 Å². The highest BCUT2D eigenvalue weighted by Gasteiger charge is 2.21. The number of halogens is 1. The number of rotatable bonds is 6. The number of hydrogen-bond donors (Lipinski definition) is 1. The first kappa shape index (κ1) is 19.4. The normalized spacial score (nSPS) is 11.7. The van der Waals surface area contributed by atoms with Gasteiger partial charge in [0.15, 0.2) is 0 Å². The number of aromatic nitrogens is 4. The van der Waals surface area contributed by atoms with E-state index in [1.165, 1.54) is 30.1 Å². The molecule has 3 rings (SSSR count). The minimum atomic E-state index is -0.805. The number of hydrogen-bond acceptors (Lipinski definition) is 7. The molecule has 3 aromatic rings. The molecule has 1 unspecified atom stereocenters. The van der Waals surface area contributed by atoms with E-state index in [2.05, 4.69) is 36.7 Å². The monoisotopic (exact) mass is 446 g/mol. The minimum Gasteiger partial charge on any atom is -0.495 e. The Labute approximate surface area is 167 Å². The predicted octanol–water partition coefficient (Wildman–Crippen LogP) is 3.22. The van der Waals surface area contributed by atoms with Crippen molar-refractivity contribution in [3.8, 4) is 17.1 Å². The van der Waals surface area contributed by atoms with Gasteiger partial charge in [-0.05, 0) is 42.5 Å². The van der Waals surface area contributed by atoms with Crippen LogP contribution < -0.4 is 10.1 Å². The zero-order valence-corrected chi connectivity index (χ0v) is 16.5. The van der Waals surface area contributed by atoms with Crippen LogP contribution in [-0.2, 0) is 4.79 Å². The molecule has 0 spiro atoms. The Bertz CT molecular complexity index is 1020. The van der Waals surface area contributed by atoms with Gasteiger partial charge in [0, 0.05) is 22.2 Å². The van der Waals surface area contributed by atoms with Gasteiger partial charge in [-0.25, -0.2) is 0 Å². The summed E-state index contributed by atoms with van der Waals surface area (Å²) in [6, 6.07) is 10.5. The number of methoxy groups -OCH3 is 1. The fourth-order valence-electron chi connectivity index (χ4n) is 2.35. The lowest BCUT2D eigenvalue weighted by atomic mass is 10.2. The van der Waals surface area contributed by atoms with Crippen LogP contribution in [0.1, 0.15) is 13.0 Å². The van der Waals surface area contributed by atoms with Crippen LogP contribution in [0.15, 0.2) is 46.9 Å². The summed E-state index contributed by atoms with van der Waals surface area (Å²) < 4.78 is 6.07. The van der Waals surface area contributed by atoms with Crippen molar-refractivity contribution in [2.75, 3.05) is 12.4 Å². The summed E-state index contributed by atoms with van der Waals surface area (Å²) in [6.45, 7) is 1.59. The number of tetrazole rings is 1. The molecule has 0 radical (unpaired) electrons. The number of benzene rings is 2. The molecule has 144 valence electrons. The minimum absolute atomic E-state index is 0.167. The second-order valence-corrected chi connectivity index (χ2v) is 6.66. The van der Waals surface area contributed by atoms with Gasteiger partial charge in [-0.15, -0.1) is 10.2 Å². The molecule has 0 saturated heterocycles. The average Bonchev–Trinajstić information content (AvgIpc) is 3.17. The smallest absolute Gasteiger partial charge is 0.271 e. The first-order chi connectivity index (χ1) is 13.4. The Kier molecular flexibility index (Phi) is 5.64. The Morgan fingerprint density at radius 2 is 2.00 bits per heavy atom. The first-order valence-corrected chi connectivity index (χ1v) is 8.87. The second kappa shape index (κ2) is 8.13. The van der Waals surface area contributed by atoms with Gasteiger partial charge in [0.25, 0.3) is 11.6 Å². The molecule has 1 amide bonds. The standard InChI is InChI=1S/C17H15BrN6O4/c1-10(23-21-16(20-22-23)11-3-5-12(18)6-4-11)17(25)19-14-9-13(24(26)27)7-8-15(14)28-2/h3-10H,1-2H3,(H,19,25). The fourth-order valence-corrected chi connectivity index (χ4v) is 2.62. The number of nitro groups is 1. The third-order valence-corrected chi connectivity index (χ3v) is 4.44. The molecule has 1 atom stereocenters. The van der Waals surface area contributed by atoms with Crippen LogP contribution in [0.25, 0.3) is 11.4 Å². The van der Waals surface area contributed by atoms with Crippen LogP contribution in [0.5, 0.6) is 5.75 Å². The van der Waals surface area contributed by atoms with Crippen molar-refractivity contribution in [2.45, 2.75) is 13.0 Å². The average molecular weight is 447 g/mol. The van der Waals surface area contributed by atoms with Gasteiger partial charge in [0.05, 0.1) is 17.7 Å². The molecule has 11 heteroatoms. The SMILES string of the molecule is COc1ccc([N+](=O)[O-])cc1NC(=O)C(C)n1nnc(-c2ccc(Br)cc2)n1. The van der Waals surface area contributed by atoms with E-state index < -0.39 is 16.9 Å². The molecule has 2 aromatic carbocycles. The molecule has 0 saturated carbocycles. The fraction of sp³-hybridized carbons (Fsp3) is 0.176. The molecule has 1 N–H and O–H groups in total. The van der Waals surface area contributed by atoms with E-state index in [1.54, 1.807) is 6.92 Å². The van der Waals surface area contributed by atoms with Gasteiger partial charge in [-0.1, -0.05) is 15.9 Å². The summed E-state index contributed by atoms with van der Waals surface area (Å²) in [5.74, 6) is 0.201. The lowest BCUT2D eigenvalue weighted by Crippen LogP contribution is -2.25. The molecule has 0 aliphatic carbocycles. The van der Waals surface area contributed by atoms with Crippen molar-refractivity contribution in [1.29, 1.82) is 0 Å². The zero-order valence-electron chi connectivity index (χ0n) is 14.9. The number of non-ortho nitro benzene ring substituents is 1. The van der Waals surface area contributed by atoms with Crippen LogP contribution in [0.4, 0.5) is 11.4 Å². The molecule has 28 heavy (non-hydrogen) atoms. The van der Waals surface area contributed by atoms with E-state index in [0.29, 0.717) is 11.6 Å². The maximum atomic E-state index is 12.6. The van der Waals surface area contributed by atoms with E-state index >= 15 is 0 Å². The van der Waals surface area contributed by atoms with Crippen LogP contribution in [0.2, 0.25) is 0 Å². The Morgan fingerprint density at radius 1 is 1.29 bits per heavy atom.